The fraction of sp³-hybridized carbons (Fsp3) is 0.571. The summed E-state index contributed by atoms with van der Waals surface area (Å²) in [4.78, 5) is 0. The van der Waals surface area contributed by atoms with Gasteiger partial charge in [0.1, 0.15) is 11.6 Å². The molecule has 2 rings (SSSR count). The summed E-state index contributed by atoms with van der Waals surface area (Å²) >= 11 is 0. The Labute approximate surface area is 112 Å². The van der Waals surface area contributed by atoms with Crippen LogP contribution in [0.2, 0.25) is 0 Å². The van der Waals surface area contributed by atoms with E-state index in [2.05, 4.69) is 5.43 Å². The third kappa shape index (κ3) is 4.23. The van der Waals surface area contributed by atoms with Gasteiger partial charge >= 0.3 is 0 Å². The molecule has 0 aromatic heterocycles. The molecule has 19 heavy (non-hydrogen) atoms. The Hall–Kier alpha value is -1.04. The van der Waals surface area contributed by atoms with Crippen molar-refractivity contribution in [3.8, 4) is 0 Å². The van der Waals surface area contributed by atoms with Crippen LogP contribution >= 0.6 is 0 Å². The molecule has 1 saturated heterocycles. The number of nitrogens with one attached hydrogen (secondary N) is 1. The minimum absolute atomic E-state index is 0.0690. The number of benzene rings is 1. The fourth-order valence-electron chi connectivity index (χ4n) is 2.47. The lowest BCUT2D eigenvalue weighted by atomic mass is 9.99. The summed E-state index contributed by atoms with van der Waals surface area (Å²) in [6.07, 6.45) is 4.53. The third-order valence-electron chi connectivity index (χ3n) is 3.57. The zero-order chi connectivity index (χ0) is 13.7. The van der Waals surface area contributed by atoms with Gasteiger partial charge < -0.3 is 4.74 Å². The highest BCUT2D eigenvalue weighted by molar-refractivity contribution is 5.19. The summed E-state index contributed by atoms with van der Waals surface area (Å²) in [6.45, 7) is 0.823. The monoisotopic (exact) mass is 270 g/mol. The molecule has 0 spiro atoms. The van der Waals surface area contributed by atoms with Gasteiger partial charge in [-0.05, 0) is 55.9 Å². The Morgan fingerprint density at radius 1 is 1.42 bits per heavy atom. The predicted octanol–water partition coefficient (Wildman–Crippen LogP) is 2.30. The molecule has 1 heterocycles. The molecule has 2 unspecified atom stereocenters. The van der Waals surface area contributed by atoms with Gasteiger partial charge in [0.15, 0.2) is 0 Å². The van der Waals surface area contributed by atoms with Crippen LogP contribution in [0.5, 0.6) is 0 Å². The third-order valence-corrected chi connectivity index (χ3v) is 3.57. The van der Waals surface area contributed by atoms with Crippen molar-refractivity contribution in [2.24, 2.45) is 5.84 Å². The molecule has 0 radical (unpaired) electrons. The van der Waals surface area contributed by atoms with Crippen molar-refractivity contribution in [2.75, 3.05) is 6.61 Å². The minimum atomic E-state index is -0.425. The van der Waals surface area contributed by atoms with Crippen LogP contribution in [-0.2, 0) is 11.2 Å². The number of hydrazine groups is 1. The van der Waals surface area contributed by atoms with Crippen molar-refractivity contribution in [3.05, 3.63) is 35.4 Å². The number of halogens is 2. The maximum absolute atomic E-state index is 13.5. The molecule has 2 atom stereocenters. The van der Waals surface area contributed by atoms with E-state index in [0.29, 0.717) is 12.0 Å². The van der Waals surface area contributed by atoms with Gasteiger partial charge in [-0.15, -0.1) is 0 Å². The van der Waals surface area contributed by atoms with Crippen molar-refractivity contribution < 1.29 is 13.5 Å². The van der Waals surface area contributed by atoms with Crippen LogP contribution < -0.4 is 11.3 Å². The first-order valence-corrected chi connectivity index (χ1v) is 6.70. The summed E-state index contributed by atoms with van der Waals surface area (Å²) in [5.74, 6) is 4.67. The van der Waals surface area contributed by atoms with Crippen LogP contribution in [0.1, 0.15) is 31.2 Å². The first-order chi connectivity index (χ1) is 9.19. The molecule has 1 fully saturated rings. The summed E-state index contributed by atoms with van der Waals surface area (Å²) in [5.41, 5.74) is 3.03. The fourth-order valence-corrected chi connectivity index (χ4v) is 2.47. The molecule has 3 nitrogen and oxygen atoms in total. The summed E-state index contributed by atoms with van der Waals surface area (Å²) in [5, 5.41) is 0. The maximum atomic E-state index is 13.5. The smallest absolute Gasteiger partial charge is 0.126 e. The van der Waals surface area contributed by atoms with E-state index in [1.807, 2.05) is 0 Å². The topological polar surface area (TPSA) is 47.3 Å². The van der Waals surface area contributed by atoms with Gasteiger partial charge in [0.05, 0.1) is 6.10 Å². The molecule has 1 aromatic carbocycles. The van der Waals surface area contributed by atoms with E-state index in [1.54, 1.807) is 0 Å². The highest BCUT2D eigenvalue weighted by atomic mass is 19.1. The minimum Gasteiger partial charge on any atom is -0.378 e. The number of hydrogen-bond donors (Lipinski definition) is 2. The Morgan fingerprint density at radius 2 is 2.26 bits per heavy atom. The summed E-state index contributed by atoms with van der Waals surface area (Å²) < 4.78 is 32.2. The maximum Gasteiger partial charge on any atom is 0.126 e. The predicted molar refractivity (Wildman–Crippen MR) is 69.4 cm³/mol. The van der Waals surface area contributed by atoms with Gasteiger partial charge in [-0.1, -0.05) is 0 Å². The zero-order valence-electron chi connectivity index (χ0n) is 10.9. The van der Waals surface area contributed by atoms with Crippen LogP contribution in [0.3, 0.4) is 0 Å². The van der Waals surface area contributed by atoms with Crippen LogP contribution in [0, 0.1) is 11.6 Å². The largest absolute Gasteiger partial charge is 0.378 e. The van der Waals surface area contributed by atoms with Gasteiger partial charge in [-0.3, -0.25) is 11.3 Å². The van der Waals surface area contributed by atoms with Crippen molar-refractivity contribution in [3.63, 3.8) is 0 Å². The highest BCUT2D eigenvalue weighted by Crippen LogP contribution is 2.19. The number of rotatable bonds is 6. The molecule has 1 aliphatic rings. The molecular weight excluding hydrogens is 250 g/mol. The van der Waals surface area contributed by atoms with Gasteiger partial charge in [0, 0.05) is 12.6 Å². The van der Waals surface area contributed by atoms with Gasteiger partial charge in [-0.2, -0.15) is 0 Å². The molecule has 0 saturated carbocycles. The van der Waals surface area contributed by atoms with Crippen molar-refractivity contribution in [2.45, 2.75) is 44.2 Å². The lowest BCUT2D eigenvalue weighted by Gasteiger charge is -2.18. The van der Waals surface area contributed by atoms with Crippen molar-refractivity contribution >= 4 is 0 Å². The second-order valence-electron chi connectivity index (χ2n) is 5.02. The lowest BCUT2D eigenvalue weighted by Crippen LogP contribution is -2.37. The van der Waals surface area contributed by atoms with Crippen LogP contribution in [0.4, 0.5) is 8.78 Å². The second-order valence-corrected chi connectivity index (χ2v) is 5.02. The Kier molecular flexibility index (Phi) is 5.24. The molecule has 5 heteroatoms. The van der Waals surface area contributed by atoms with Gasteiger partial charge in [0.2, 0.25) is 0 Å². The highest BCUT2D eigenvalue weighted by Gasteiger charge is 2.18. The van der Waals surface area contributed by atoms with Crippen LogP contribution in [0.25, 0.3) is 0 Å². The molecule has 0 bridgehead atoms. The lowest BCUT2D eigenvalue weighted by molar-refractivity contribution is 0.0995. The second kappa shape index (κ2) is 6.93. The Bertz CT molecular complexity index is 408. The number of ether oxygens (including phenoxy) is 1. The van der Waals surface area contributed by atoms with Crippen LogP contribution in [-0.4, -0.2) is 18.8 Å². The first-order valence-electron chi connectivity index (χ1n) is 6.70. The van der Waals surface area contributed by atoms with E-state index in [-0.39, 0.29) is 12.1 Å². The molecule has 0 amide bonds. The normalized spacial score (nSPS) is 20.7. The number of hydrogen-bond acceptors (Lipinski definition) is 3. The average Bonchev–Trinajstić information content (AvgIpc) is 2.91. The Balaban J connectivity index is 1.88. The first kappa shape index (κ1) is 14.4. The molecule has 1 aromatic rings. The molecule has 3 N–H and O–H groups in total. The average molecular weight is 270 g/mol. The molecular formula is C14H20F2N2O. The van der Waals surface area contributed by atoms with Gasteiger partial charge in [0.25, 0.3) is 0 Å². The zero-order valence-corrected chi connectivity index (χ0v) is 10.9. The van der Waals surface area contributed by atoms with Crippen molar-refractivity contribution in [1.82, 2.24) is 5.43 Å². The van der Waals surface area contributed by atoms with E-state index in [1.165, 1.54) is 6.07 Å². The van der Waals surface area contributed by atoms with E-state index in [0.717, 1.165) is 44.4 Å². The number of nitrogens with two attached hydrogens (primary N) is 1. The van der Waals surface area contributed by atoms with E-state index < -0.39 is 11.6 Å². The SMILES string of the molecule is NNC(CCC1CCCO1)Cc1cc(F)ccc1F. The van der Waals surface area contributed by atoms with Crippen LogP contribution in [0.15, 0.2) is 18.2 Å². The molecule has 106 valence electrons. The van der Waals surface area contributed by atoms with Gasteiger partial charge in [-0.25, -0.2) is 8.78 Å². The van der Waals surface area contributed by atoms with E-state index in [9.17, 15) is 8.78 Å². The summed E-state index contributed by atoms with van der Waals surface area (Å²) in [6, 6.07) is 3.43. The standard InChI is InChI=1S/C14H20F2N2O/c15-11-3-6-14(16)10(8-11)9-12(18-17)4-5-13-2-1-7-19-13/h3,6,8,12-13,18H,1-2,4-5,7,9,17H2. The quantitative estimate of drug-likeness (QED) is 0.616. The Morgan fingerprint density at radius 3 is 2.95 bits per heavy atom. The van der Waals surface area contributed by atoms with Crippen molar-refractivity contribution in [1.29, 1.82) is 0 Å². The molecule has 1 aliphatic heterocycles. The van der Waals surface area contributed by atoms with E-state index >= 15 is 0 Å². The summed E-state index contributed by atoms with van der Waals surface area (Å²) in [7, 11) is 0. The van der Waals surface area contributed by atoms with E-state index in [4.69, 9.17) is 10.6 Å². The molecule has 0 aliphatic carbocycles.